The Kier molecular flexibility index (Phi) is 6.64. The molecule has 0 saturated heterocycles. The van der Waals surface area contributed by atoms with Crippen LogP contribution in [0.25, 0.3) is 16.6 Å². The zero-order valence-corrected chi connectivity index (χ0v) is 21.3. The maximum Gasteiger partial charge on any atom is 0.268 e. The van der Waals surface area contributed by atoms with Gasteiger partial charge in [0.25, 0.3) is 5.91 Å². The summed E-state index contributed by atoms with van der Waals surface area (Å²) in [7, 11) is 0. The number of ether oxygens (including phenoxy) is 1. The molecule has 1 aliphatic rings. The largest absolute Gasteiger partial charge is 0.452 e. The molecular formula is C31H20F2N4O4. The Morgan fingerprint density at radius 1 is 0.878 bits per heavy atom. The van der Waals surface area contributed by atoms with Crippen LogP contribution in [0.15, 0.2) is 103 Å². The van der Waals surface area contributed by atoms with Gasteiger partial charge in [-0.2, -0.15) is 5.10 Å². The number of rotatable bonds is 7. The van der Waals surface area contributed by atoms with Crippen molar-refractivity contribution >= 4 is 28.8 Å². The number of imide groups is 1. The van der Waals surface area contributed by atoms with Gasteiger partial charge in [0.05, 0.1) is 17.5 Å². The molecule has 41 heavy (non-hydrogen) atoms. The van der Waals surface area contributed by atoms with Gasteiger partial charge in [0.1, 0.15) is 11.3 Å². The molecule has 2 amide bonds. The predicted molar refractivity (Wildman–Crippen MR) is 145 cm³/mol. The Morgan fingerprint density at radius 2 is 1.66 bits per heavy atom. The normalized spacial score (nSPS) is 13.4. The van der Waals surface area contributed by atoms with Crippen LogP contribution < -0.4 is 9.64 Å². The fourth-order valence-corrected chi connectivity index (χ4v) is 4.60. The molecule has 3 aromatic heterocycles. The summed E-state index contributed by atoms with van der Waals surface area (Å²) in [4.78, 5) is 43.3. The third-order valence-electron chi connectivity index (χ3n) is 6.61. The number of carbonyl (C=O) groups excluding carboxylic acids is 3. The molecule has 10 heteroatoms. The zero-order valence-electron chi connectivity index (χ0n) is 21.3. The summed E-state index contributed by atoms with van der Waals surface area (Å²) in [5, 5.41) is 4.28. The van der Waals surface area contributed by atoms with Gasteiger partial charge in [-0.25, -0.2) is 18.2 Å². The van der Waals surface area contributed by atoms with Crippen molar-refractivity contribution in [2.24, 2.45) is 0 Å². The van der Waals surface area contributed by atoms with Crippen molar-refractivity contribution in [3.63, 3.8) is 0 Å². The molecule has 0 unspecified atom stereocenters. The van der Waals surface area contributed by atoms with Crippen molar-refractivity contribution in [3.8, 4) is 22.6 Å². The summed E-state index contributed by atoms with van der Waals surface area (Å²) < 4.78 is 36.1. The molecule has 6 rings (SSSR count). The van der Waals surface area contributed by atoms with Gasteiger partial charge >= 0.3 is 0 Å². The fraction of sp³-hybridized carbons (Fsp3) is 0.0645. The number of amides is 2. The third kappa shape index (κ3) is 5.10. The smallest absolute Gasteiger partial charge is 0.268 e. The highest BCUT2D eigenvalue weighted by Crippen LogP contribution is 2.33. The highest BCUT2D eigenvalue weighted by Gasteiger charge is 2.33. The van der Waals surface area contributed by atoms with Gasteiger partial charge in [0, 0.05) is 37.0 Å². The average molecular weight is 551 g/mol. The van der Waals surface area contributed by atoms with Crippen LogP contribution in [0.1, 0.15) is 12.0 Å². The van der Waals surface area contributed by atoms with E-state index in [1.807, 2.05) is 18.3 Å². The van der Waals surface area contributed by atoms with Crippen molar-refractivity contribution in [1.82, 2.24) is 14.6 Å². The second-order valence-corrected chi connectivity index (χ2v) is 9.29. The first kappa shape index (κ1) is 25.8. The second kappa shape index (κ2) is 10.6. The Labute approximate surface area is 232 Å². The minimum absolute atomic E-state index is 0.0581. The van der Waals surface area contributed by atoms with Gasteiger partial charge in [-0.3, -0.25) is 19.4 Å². The summed E-state index contributed by atoms with van der Waals surface area (Å²) in [6.45, 7) is 0. The number of hydrogen-bond donors (Lipinski definition) is 0. The monoisotopic (exact) mass is 550 g/mol. The van der Waals surface area contributed by atoms with Crippen LogP contribution in [0.3, 0.4) is 0 Å². The Bertz CT molecular complexity index is 1850. The van der Waals surface area contributed by atoms with E-state index in [2.05, 4.69) is 10.1 Å². The SMILES string of the molecule is O=C(Cc1ccc(Oc2cc(-c3ccncc3)cn3nccc23)c(F)c1)C1=CCC(=O)N(c2ccc(F)cc2)C1=O. The molecule has 0 bridgehead atoms. The number of pyridine rings is 2. The van der Waals surface area contributed by atoms with E-state index in [-0.39, 0.29) is 29.9 Å². The third-order valence-corrected chi connectivity index (χ3v) is 6.61. The van der Waals surface area contributed by atoms with E-state index in [1.54, 1.807) is 35.2 Å². The molecular weight excluding hydrogens is 530 g/mol. The van der Waals surface area contributed by atoms with E-state index < -0.39 is 29.2 Å². The summed E-state index contributed by atoms with van der Waals surface area (Å²) >= 11 is 0. The highest BCUT2D eigenvalue weighted by molar-refractivity contribution is 6.33. The Balaban J connectivity index is 1.21. The molecule has 1 aliphatic heterocycles. The number of ketones is 1. The minimum atomic E-state index is -0.808. The minimum Gasteiger partial charge on any atom is -0.452 e. The van der Waals surface area contributed by atoms with Gasteiger partial charge in [-0.05, 0) is 71.8 Å². The predicted octanol–water partition coefficient (Wildman–Crippen LogP) is 5.47. The first-order valence-electron chi connectivity index (χ1n) is 12.6. The lowest BCUT2D eigenvalue weighted by atomic mass is 9.98. The van der Waals surface area contributed by atoms with E-state index >= 15 is 4.39 Å². The Morgan fingerprint density at radius 3 is 2.41 bits per heavy atom. The number of hydrogen-bond acceptors (Lipinski definition) is 6. The average Bonchev–Trinajstić information content (AvgIpc) is 3.45. The first-order chi connectivity index (χ1) is 19.9. The number of halogens is 2. The van der Waals surface area contributed by atoms with Gasteiger partial charge in [0.2, 0.25) is 5.91 Å². The maximum atomic E-state index is 15.2. The summed E-state index contributed by atoms with van der Waals surface area (Å²) in [5.74, 6) is -2.82. The van der Waals surface area contributed by atoms with Crippen molar-refractivity contribution in [1.29, 1.82) is 0 Å². The topological polar surface area (TPSA) is 93.9 Å². The van der Waals surface area contributed by atoms with Crippen LogP contribution in [0.4, 0.5) is 14.5 Å². The molecule has 0 atom stereocenters. The molecule has 0 N–H and O–H groups in total. The van der Waals surface area contributed by atoms with Crippen LogP contribution in [0, 0.1) is 11.6 Å². The summed E-state index contributed by atoms with van der Waals surface area (Å²) in [6.07, 6.45) is 7.59. The van der Waals surface area contributed by atoms with Crippen LogP contribution in [-0.4, -0.2) is 32.2 Å². The second-order valence-electron chi connectivity index (χ2n) is 9.29. The van der Waals surface area contributed by atoms with Gasteiger partial charge in [0.15, 0.2) is 23.1 Å². The lowest BCUT2D eigenvalue weighted by Crippen LogP contribution is -2.42. The summed E-state index contributed by atoms with van der Waals surface area (Å²) in [5.41, 5.74) is 2.59. The van der Waals surface area contributed by atoms with E-state index in [0.29, 0.717) is 16.8 Å². The van der Waals surface area contributed by atoms with E-state index in [0.717, 1.165) is 28.2 Å². The van der Waals surface area contributed by atoms with Crippen LogP contribution in [0.2, 0.25) is 0 Å². The molecule has 0 radical (unpaired) electrons. The molecule has 2 aromatic carbocycles. The zero-order chi connectivity index (χ0) is 28.5. The highest BCUT2D eigenvalue weighted by atomic mass is 19.1. The Hall–Kier alpha value is -5.51. The van der Waals surface area contributed by atoms with Crippen molar-refractivity contribution < 1.29 is 27.9 Å². The number of carbonyl (C=O) groups is 3. The molecule has 0 saturated carbocycles. The number of aromatic nitrogens is 3. The van der Waals surface area contributed by atoms with Crippen molar-refractivity contribution in [3.05, 3.63) is 120 Å². The quantitative estimate of drug-likeness (QED) is 0.197. The van der Waals surface area contributed by atoms with E-state index in [1.165, 1.54) is 36.4 Å². The fourth-order valence-electron chi connectivity index (χ4n) is 4.60. The van der Waals surface area contributed by atoms with Gasteiger partial charge in [-0.15, -0.1) is 0 Å². The lowest BCUT2D eigenvalue weighted by molar-refractivity contribution is -0.126. The molecule has 0 spiro atoms. The molecule has 4 heterocycles. The van der Waals surface area contributed by atoms with E-state index in [4.69, 9.17) is 4.74 Å². The molecule has 8 nitrogen and oxygen atoms in total. The number of nitrogens with zero attached hydrogens (tertiary/aromatic N) is 4. The number of anilines is 1. The molecule has 202 valence electrons. The van der Waals surface area contributed by atoms with Crippen LogP contribution in [-0.2, 0) is 20.8 Å². The van der Waals surface area contributed by atoms with Crippen molar-refractivity contribution in [2.75, 3.05) is 4.90 Å². The molecule has 0 aliphatic carbocycles. The summed E-state index contributed by atoms with van der Waals surface area (Å²) in [6, 6.07) is 16.1. The van der Waals surface area contributed by atoms with Crippen LogP contribution >= 0.6 is 0 Å². The number of fused-ring (bicyclic) bond motifs is 1. The van der Waals surface area contributed by atoms with Gasteiger partial charge < -0.3 is 4.74 Å². The van der Waals surface area contributed by atoms with Crippen molar-refractivity contribution in [2.45, 2.75) is 12.8 Å². The van der Waals surface area contributed by atoms with Crippen LogP contribution in [0.5, 0.6) is 11.5 Å². The molecule has 5 aromatic rings. The first-order valence-corrected chi connectivity index (χ1v) is 12.6. The number of Topliss-reactive ketones (excluding diaryl/α,β-unsaturated/α-hetero) is 1. The lowest BCUT2D eigenvalue weighted by Gasteiger charge is -2.25. The van der Waals surface area contributed by atoms with Gasteiger partial charge in [-0.1, -0.05) is 12.1 Å². The maximum absolute atomic E-state index is 15.2. The standard InChI is InChI=1S/C31H20F2N4O4/c32-22-2-4-23(5-3-22)37-30(39)8-6-24(31(37)40)27(38)16-19-1-7-28(25(33)15-19)41-29-17-21(20-9-12-34-13-10-20)18-36-26(29)11-14-35-36/h1-7,9-15,17-18H,8,16H2. The molecule has 0 fully saturated rings. The van der Waals surface area contributed by atoms with E-state index in [9.17, 15) is 18.8 Å². The number of benzene rings is 2.